The Kier molecular flexibility index (Phi) is 2.80. The molecule has 0 spiro atoms. The zero-order valence-electron chi connectivity index (χ0n) is 6.51. The van der Waals surface area contributed by atoms with Gasteiger partial charge in [-0.3, -0.25) is 4.79 Å². The Morgan fingerprint density at radius 2 is 2.33 bits per heavy atom. The van der Waals surface area contributed by atoms with Crippen molar-refractivity contribution in [1.29, 1.82) is 0 Å². The molecule has 2 N–H and O–H groups in total. The molecule has 5 heteroatoms. The van der Waals surface area contributed by atoms with Gasteiger partial charge in [-0.1, -0.05) is 0 Å². The maximum Gasteiger partial charge on any atom is 0.228 e. The second-order valence-corrected chi connectivity index (χ2v) is 2.39. The van der Waals surface area contributed by atoms with Crippen molar-refractivity contribution in [2.45, 2.75) is 18.5 Å². The van der Waals surface area contributed by atoms with Gasteiger partial charge in [0.05, 0.1) is 0 Å². The molecule has 3 atom stereocenters. The molecule has 1 aliphatic rings. The summed E-state index contributed by atoms with van der Waals surface area (Å²) in [7, 11) is 1.31. The SMILES string of the molecule is CO[C@@H]1OC(C=O)=C[C@H](O)[C@H]1O. The number of methoxy groups -OCH3 is 1. The molecule has 0 bridgehead atoms. The van der Waals surface area contributed by atoms with Gasteiger partial charge in [0.15, 0.2) is 12.0 Å². The van der Waals surface area contributed by atoms with Crippen LogP contribution >= 0.6 is 0 Å². The number of hydrogen-bond acceptors (Lipinski definition) is 5. The maximum atomic E-state index is 10.2. The summed E-state index contributed by atoms with van der Waals surface area (Å²) in [5, 5.41) is 18.3. The van der Waals surface area contributed by atoms with E-state index in [0.717, 1.165) is 6.08 Å². The Morgan fingerprint density at radius 3 is 2.83 bits per heavy atom. The highest BCUT2D eigenvalue weighted by atomic mass is 16.7. The number of carbonyl (C=O) groups is 1. The van der Waals surface area contributed by atoms with Gasteiger partial charge in [0.2, 0.25) is 6.29 Å². The lowest BCUT2D eigenvalue weighted by Crippen LogP contribution is -2.42. The summed E-state index contributed by atoms with van der Waals surface area (Å²) in [6.45, 7) is 0. The van der Waals surface area contributed by atoms with Crippen LogP contribution in [0.3, 0.4) is 0 Å². The van der Waals surface area contributed by atoms with Crippen molar-refractivity contribution in [1.82, 2.24) is 0 Å². The van der Waals surface area contributed by atoms with Gasteiger partial charge >= 0.3 is 0 Å². The standard InChI is InChI=1S/C7H10O5/c1-11-7-6(10)5(9)2-4(3-8)12-7/h2-3,5-7,9-10H,1H3/t5-,6+,7+/m0/s1. The van der Waals surface area contributed by atoms with Crippen LogP contribution in [0.5, 0.6) is 0 Å². The first-order valence-electron chi connectivity index (χ1n) is 3.41. The van der Waals surface area contributed by atoms with Crippen LogP contribution in [-0.2, 0) is 14.3 Å². The number of allylic oxidation sites excluding steroid dienone is 1. The Bertz CT molecular complexity index is 200. The van der Waals surface area contributed by atoms with Crippen LogP contribution in [0, 0.1) is 0 Å². The zero-order chi connectivity index (χ0) is 9.14. The molecule has 0 aromatic rings. The number of aliphatic hydroxyl groups excluding tert-OH is 2. The summed E-state index contributed by atoms with van der Waals surface area (Å²) in [4.78, 5) is 10.2. The summed E-state index contributed by atoms with van der Waals surface area (Å²) >= 11 is 0. The van der Waals surface area contributed by atoms with Crippen LogP contribution in [0.4, 0.5) is 0 Å². The molecular formula is C7H10O5. The Labute approximate surface area is 69.2 Å². The molecular weight excluding hydrogens is 164 g/mol. The quantitative estimate of drug-likeness (QED) is 0.514. The molecule has 1 aliphatic heterocycles. The maximum absolute atomic E-state index is 10.2. The van der Waals surface area contributed by atoms with Gasteiger partial charge < -0.3 is 19.7 Å². The van der Waals surface area contributed by atoms with Crippen molar-refractivity contribution in [3.63, 3.8) is 0 Å². The summed E-state index contributed by atoms with van der Waals surface area (Å²) in [5.74, 6) is -0.0281. The lowest BCUT2D eigenvalue weighted by molar-refractivity contribution is -0.190. The van der Waals surface area contributed by atoms with E-state index < -0.39 is 18.5 Å². The van der Waals surface area contributed by atoms with Gasteiger partial charge in [0, 0.05) is 7.11 Å². The largest absolute Gasteiger partial charge is 0.459 e. The van der Waals surface area contributed by atoms with Crippen LogP contribution in [0.2, 0.25) is 0 Å². The fourth-order valence-electron chi connectivity index (χ4n) is 0.926. The first-order chi connectivity index (χ1) is 5.69. The van der Waals surface area contributed by atoms with Crippen molar-refractivity contribution in [2.24, 2.45) is 0 Å². The predicted molar refractivity (Wildman–Crippen MR) is 38.0 cm³/mol. The lowest BCUT2D eigenvalue weighted by atomic mass is 10.1. The zero-order valence-corrected chi connectivity index (χ0v) is 6.51. The number of rotatable bonds is 2. The van der Waals surface area contributed by atoms with Crippen molar-refractivity contribution < 1.29 is 24.5 Å². The van der Waals surface area contributed by atoms with E-state index in [1.165, 1.54) is 7.11 Å². The second-order valence-electron chi connectivity index (χ2n) is 2.39. The molecule has 0 radical (unpaired) electrons. The number of carbonyl (C=O) groups excluding carboxylic acids is 1. The molecule has 0 aromatic heterocycles. The Balaban J connectivity index is 2.75. The van der Waals surface area contributed by atoms with Crippen LogP contribution in [-0.4, -0.2) is 42.1 Å². The van der Waals surface area contributed by atoms with Gasteiger partial charge in [0.1, 0.15) is 12.2 Å². The van der Waals surface area contributed by atoms with Crippen molar-refractivity contribution in [2.75, 3.05) is 7.11 Å². The minimum Gasteiger partial charge on any atom is -0.459 e. The summed E-state index contributed by atoms with van der Waals surface area (Å²) in [6, 6.07) is 0. The normalized spacial score (nSPS) is 35.2. The molecule has 0 aliphatic carbocycles. The molecule has 0 saturated heterocycles. The first kappa shape index (κ1) is 9.18. The molecule has 1 heterocycles. The van der Waals surface area contributed by atoms with Crippen molar-refractivity contribution in [3.8, 4) is 0 Å². The Morgan fingerprint density at radius 1 is 1.67 bits per heavy atom. The summed E-state index contributed by atoms with van der Waals surface area (Å²) in [5.41, 5.74) is 0. The Hall–Kier alpha value is -0.910. The van der Waals surface area contributed by atoms with E-state index in [0.29, 0.717) is 6.29 Å². The average molecular weight is 174 g/mol. The van der Waals surface area contributed by atoms with E-state index in [-0.39, 0.29) is 5.76 Å². The molecule has 68 valence electrons. The van der Waals surface area contributed by atoms with E-state index in [1.807, 2.05) is 0 Å². The van der Waals surface area contributed by atoms with E-state index >= 15 is 0 Å². The fourth-order valence-corrected chi connectivity index (χ4v) is 0.926. The van der Waals surface area contributed by atoms with Crippen LogP contribution < -0.4 is 0 Å². The smallest absolute Gasteiger partial charge is 0.228 e. The molecule has 0 saturated carbocycles. The summed E-state index contributed by atoms with van der Waals surface area (Å²) in [6.07, 6.45) is -1.68. The number of aldehydes is 1. The first-order valence-corrected chi connectivity index (χ1v) is 3.41. The molecule has 12 heavy (non-hydrogen) atoms. The predicted octanol–water partition coefficient (Wildman–Crippen LogP) is -1.21. The number of hydrogen-bond donors (Lipinski definition) is 2. The molecule has 0 fully saturated rings. The molecule has 0 aromatic carbocycles. The van der Waals surface area contributed by atoms with Crippen molar-refractivity contribution >= 4 is 6.29 Å². The lowest BCUT2D eigenvalue weighted by Gasteiger charge is -2.28. The van der Waals surface area contributed by atoms with E-state index in [4.69, 9.17) is 9.84 Å². The minimum absolute atomic E-state index is 0.0281. The third kappa shape index (κ3) is 1.63. The average Bonchev–Trinajstić information content (AvgIpc) is 2.09. The van der Waals surface area contributed by atoms with Crippen molar-refractivity contribution in [3.05, 3.63) is 11.8 Å². The minimum atomic E-state index is -1.15. The van der Waals surface area contributed by atoms with E-state index in [1.54, 1.807) is 0 Å². The molecule has 0 unspecified atom stereocenters. The van der Waals surface area contributed by atoms with Crippen LogP contribution in [0.15, 0.2) is 11.8 Å². The topological polar surface area (TPSA) is 76.0 Å². The molecule has 1 rings (SSSR count). The van der Waals surface area contributed by atoms with E-state index in [2.05, 4.69) is 4.74 Å². The van der Waals surface area contributed by atoms with Gasteiger partial charge in [0.25, 0.3) is 0 Å². The van der Waals surface area contributed by atoms with E-state index in [9.17, 15) is 9.90 Å². The molecule has 5 nitrogen and oxygen atoms in total. The van der Waals surface area contributed by atoms with Gasteiger partial charge in [-0.15, -0.1) is 0 Å². The third-order valence-electron chi connectivity index (χ3n) is 1.56. The van der Waals surface area contributed by atoms with Crippen LogP contribution in [0.25, 0.3) is 0 Å². The van der Waals surface area contributed by atoms with Gasteiger partial charge in [-0.25, -0.2) is 0 Å². The number of aliphatic hydroxyl groups is 2. The highest BCUT2D eigenvalue weighted by molar-refractivity contribution is 5.70. The molecule has 0 amide bonds. The fraction of sp³-hybridized carbons (Fsp3) is 0.571. The highest BCUT2D eigenvalue weighted by Gasteiger charge is 2.31. The van der Waals surface area contributed by atoms with Crippen LogP contribution in [0.1, 0.15) is 0 Å². The van der Waals surface area contributed by atoms with Gasteiger partial charge in [-0.2, -0.15) is 0 Å². The highest BCUT2D eigenvalue weighted by Crippen LogP contribution is 2.16. The monoisotopic (exact) mass is 174 g/mol. The van der Waals surface area contributed by atoms with Gasteiger partial charge in [-0.05, 0) is 6.08 Å². The summed E-state index contributed by atoms with van der Waals surface area (Å²) < 4.78 is 9.50. The third-order valence-corrected chi connectivity index (χ3v) is 1.56. The second kappa shape index (κ2) is 3.66. The number of ether oxygens (including phenoxy) is 2.